The summed E-state index contributed by atoms with van der Waals surface area (Å²) in [7, 11) is 0. The van der Waals surface area contributed by atoms with Crippen LogP contribution in [-0.4, -0.2) is 35.0 Å². The lowest BCUT2D eigenvalue weighted by Gasteiger charge is -2.16. The molecule has 5 heteroatoms. The molecule has 0 aliphatic carbocycles. The number of thioether (sulfide) groups is 1. The van der Waals surface area contributed by atoms with Gasteiger partial charge in [-0.3, -0.25) is 4.79 Å². The average Bonchev–Trinajstić information content (AvgIpc) is 2.38. The van der Waals surface area contributed by atoms with Crippen LogP contribution in [0.5, 0.6) is 0 Å². The molecule has 0 saturated carbocycles. The molecule has 4 nitrogen and oxygen atoms in total. The molecule has 0 saturated heterocycles. The van der Waals surface area contributed by atoms with Gasteiger partial charge < -0.3 is 10.4 Å². The Hall–Kier alpha value is -1.49. The van der Waals surface area contributed by atoms with Crippen LogP contribution in [0.2, 0.25) is 0 Å². The lowest BCUT2D eigenvalue weighted by molar-refractivity contribution is 0.0689. The van der Waals surface area contributed by atoms with Gasteiger partial charge in [0.2, 0.25) is 0 Å². The zero-order valence-electron chi connectivity index (χ0n) is 12.3. The topological polar surface area (TPSA) is 66.4 Å². The van der Waals surface area contributed by atoms with E-state index in [1.807, 2.05) is 13.2 Å². The number of aryl methyl sites for hydroxylation is 2. The van der Waals surface area contributed by atoms with Crippen molar-refractivity contribution in [3.8, 4) is 0 Å². The zero-order chi connectivity index (χ0) is 15.3. The van der Waals surface area contributed by atoms with Crippen LogP contribution in [0.15, 0.2) is 12.1 Å². The van der Waals surface area contributed by atoms with Gasteiger partial charge in [0.15, 0.2) is 0 Å². The highest BCUT2D eigenvalue weighted by Gasteiger charge is 2.22. The first-order chi connectivity index (χ1) is 9.38. The van der Waals surface area contributed by atoms with Crippen LogP contribution >= 0.6 is 11.8 Å². The minimum absolute atomic E-state index is 0.0245. The SMILES string of the molecule is CSCCC(C)NC(=O)c1c(C)ccc(C)c1C(=O)O. The zero-order valence-corrected chi connectivity index (χ0v) is 13.1. The van der Waals surface area contributed by atoms with Gasteiger partial charge in [-0.1, -0.05) is 12.1 Å². The summed E-state index contributed by atoms with van der Waals surface area (Å²) in [6, 6.07) is 3.53. The van der Waals surface area contributed by atoms with E-state index >= 15 is 0 Å². The lowest BCUT2D eigenvalue weighted by Crippen LogP contribution is -2.34. The number of nitrogens with one attached hydrogen (secondary N) is 1. The quantitative estimate of drug-likeness (QED) is 0.847. The normalized spacial score (nSPS) is 12.0. The standard InChI is InChI=1S/C15H21NO3S/c1-9-5-6-10(2)13(15(18)19)12(9)14(17)16-11(3)7-8-20-4/h5-6,11H,7-8H2,1-4H3,(H,16,17)(H,18,19). The van der Waals surface area contributed by atoms with Crippen molar-refractivity contribution in [2.45, 2.75) is 33.2 Å². The molecular formula is C15H21NO3S. The van der Waals surface area contributed by atoms with E-state index in [0.29, 0.717) is 11.1 Å². The first kappa shape index (κ1) is 16.6. The molecule has 1 rings (SSSR count). The van der Waals surface area contributed by atoms with Crippen LogP contribution < -0.4 is 5.32 Å². The average molecular weight is 295 g/mol. The molecule has 1 unspecified atom stereocenters. The second-order valence-electron chi connectivity index (χ2n) is 4.91. The van der Waals surface area contributed by atoms with Gasteiger partial charge in [-0.2, -0.15) is 11.8 Å². The summed E-state index contributed by atoms with van der Waals surface area (Å²) in [5, 5.41) is 12.2. The van der Waals surface area contributed by atoms with Crippen LogP contribution in [0.25, 0.3) is 0 Å². The van der Waals surface area contributed by atoms with Crippen molar-refractivity contribution in [1.82, 2.24) is 5.32 Å². The van der Waals surface area contributed by atoms with E-state index in [9.17, 15) is 14.7 Å². The maximum Gasteiger partial charge on any atom is 0.336 e. The number of carboxylic acids is 1. The maximum absolute atomic E-state index is 12.3. The summed E-state index contributed by atoms with van der Waals surface area (Å²) in [5.41, 5.74) is 1.65. The van der Waals surface area contributed by atoms with E-state index in [1.54, 1.807) is 37.7 Å². The summed E-state index contributed by atoms with van der Waals surface area (Å²) in [5.74, 6) is -0.412. The van der Waals surface area contributed by atoms with Gasteiger partial charge in [-0.25, -0.2) is 4.79 Å². The molecule has 20 heavy (non-hydrogen) atoms. The van der Waals surface area contributed by atoms with Crippen molar-refractivity contribution in [1.29, 1.82) is 0 Å². The van der Waals surface area contributed by atoms with Crippen LogP contribution in [0.3, 0.4) is 0 Å². The smallest absolute Gasteiger partial charge is 0.336 e. The van der Waals surface area contributed by atoms with Gasteiger partial charge in [0.1, 0.15) is 0 Å². The minimum atomic E-state index is -1.06. The fourth-order valence-corrected chi connectivity index (χ4v) is 2.63. The highest BCUT2D eigenvalue weighted by molar-refractivity contribution is 7.98. The Morgan fingerprint density at radius 3 is 2.30 bits per heavy atom. The molecule has 2 N–H and O–H groups in total. The molecule has 0 heterocycles. The van der Waals surface area contributed by atoms with Gasteiger partial charge in [0, 0.05) is 6.04 Å². The molecule has 0 fully saturated rings. The second-order valence-corrected chi connectivity index (χ2v) is 5.90. The number of carbonyl (C=O) groups excluding carboxylic acids is 1. The molecule has 0 spiro atoms. The first-order valence-electron chi connectivity index (χ1n) is 6.51. The minimum Gasteiger partial charge on any atom is -0.478 e. The van der Waals surface area contributed by atoms with Gasteiger partial charge in [-0.05, 0) is 50.3 Å². The van der Waals surface area contributed by atoms with E-state index in [0.717, 1.165) is 12.2 Å². The van der Waals surface area contributed by atoms with Crippen molar-refractivity contribution in [3.05, 3.63) is 34.4 Å². The Morgan fingerprint density at radius 1 is 1.25 bits per heavy atom. The van der Waals surface area contributed by atoms with E-state index in [-0.39, 0.29) is 23.1 Å². The number of carboxylic acid groups (broad SMARTS) is 1. The summed E-state index contributed by atoms with van der Waals surface area (Å²) in [4.78, 5) is 23.7. The molecule has 0 aliphatic heterocycles. The van der Waals surface area contributed by atoms with E-state index < -0.39 is 5.97 Å². The molecule has 1 aromatic rings. The van der Waals surface area contributed by atoms with Crippen molar-refractivity contribution in [2.24, 2.45) is 0 Å². The van der Waals surface area contributed by atoms with E-state index in [2.05, 4.69) is 5.32 Å². The number of benzene rings is 1. The first-order valence-corrected chi connectivity index (χ1v) is 7.91. The van der Waals surface area contributed by atoms with Crippen LogP contribution in [-0.2, 0) is 0 Å². The highest BCUT2D eigenvalue weighted by Crippen LogP contribution is 2.19. The molecule has 1 amide bonds. The Balaban J connectivity index is 3.03. The number of amides is 1. The lowest BCUT2D eigenvalue weighted by atomic mass is 9.96. The molecule has 1 aromatic carbocycles. The number of hydrogen-bond donors (Lipinski definition) is 2. The second kappa shape index (κ2) is 7.33. The molecule has 0 radical (unpaired) electrons. The molecule has 0 aliphatic rings. The summed E-state index contributed by atoms with van der Waals surface area (Å²) in [6.07, 6.45) is 2.88. The van der Waals surface area contributed by atoms with Crippen LogP contribution in [0.4, 0.5) is 0 Å². The van der Waals surface area contributed by atoms with Gasteiger partial charge in [0.05, 0.1) is 11.1 Å². The monoisotopic (exact) mass is 295 g/mol. The third kappa shape index (κ3) is 4.00. The molecule has 0 bridgehead atoms. The number of carbonyl (C=O) groups is 2. The Kier molecular flexibility index (Phi) is 6.07. The number of aromatic carboxylic acids is 1. The van der Waals surface area contributed by atoms with Gasteiger partial charge >= 0.3 is 5.97 Å². The summed E-state index contributed by atoms with van der Waals surface area (Å²) in [6.45, 7) is 5.39. The largest absolute Gasteiger partial charge is 0.478 e. The Morgan fingerprint density at radius 2 is 1.80 bits per heavy atom. The molecular weight excluding hydrogens is 274 g/mol. The maximum atomic E-state index is 12.3. The van der Waals surface area contributed by atoms with Gasteiger partial charge in [-0.15, -0.1) is 0 Å². The Labute approximate surface area is 124 Å². The predicted octanol–water partition coefficient (Wildman–Crippen LogP) is 2.87. The highest BCUT2D eigenvalue weighted by atomic mass is 32.2. The van der Waals surface area contributed by atoms with E-state index in [1.165, 1.54) is 0 Å². The van der Waals surface area contributed by atoms with Crippen molar-refractivity contribution in [2.75, 3.05) is 12.0 Å². The molecule has 1 atom stereocenters. The van der Waals surface area contributed by atoms with Crippen molar-refractivity contribution in [3.63, 3.8) is 0 Å². The molecule has 0 aromatic heterocycles. The third-order valence-corrected chi connectivity index (χ3v) is 3.84. The molecule has 110 valence electrons. The van der Waals surface area contributed by atoms with Crippen molar-refractivity contribution < 1.29 is 14.7 Å². The van der Waals surface area contributed by atoms with Gasteiger partial charge in [0.25, 0.3) is 5.91 Å². The van der Waals surface area contributed by atoms with E-state index in [4.69, 9.17) is 0 Å². The van der Waals surface area contributed by atoms with Crippen LogP contribution in [0.1, 0.15) is 45.2 Å². The summed E-state index contributed by atoms with van der Waals surface area (Å²) >= 11 is 1.72. The van der Waals surface area contributed by atoms with Crippen molar-refractivity contribution >= 4 is 23.6 Å². The number of hydrogen-bond acceptors (Lipinski definition) is 3. The predicted molar refractivity (Wildman–Crippen MR) is 82.8 cm³/mol. The summed E-state index contributed by atoms with van der Waals surface area (Å²) < 4.78 is 0. The fraction of sp³-hybridized carbons (Fsp3) is 0.467. The Bertz CT molecular complexity index is 514. The van der Waals surface area contributed by atoms with Crippen LogP contribution in [0, 0.1) is 13.8 Å². The number of rotatable bonds is 6. The third-order valence-electron chi connectivity index (χ3n) is 3.20. The fourth-order valence-electron chi connectivity index (χ4n) is 2.04.